The van der Waals surface area contributed by atoms with E-state index in [1.165, 1.54) is 315 Å². The van der Waals surface area contributed by atoms with E-state index in [4.69, 9.17) is 4.74 Å². The number of unbranched alkanes of at least 4 members (excludes halogenated alkanes) is 52. The second kappa shape index (κ2) is 63.1. The third-order valence-corrected chi connectivity index (χ3v) is 15.8. The minimum atomic E-state index is -0.840. The van der Waals surface area contributed by atoms with E-state index in [-0.39, 0.29) is 18.5 Å². The van der Waals surface area contributed by atoms with Crippen LogP contribution >= 0.6 is 0 Å². The minimum absolute atomic E-state index is 0.0207. The molecule has 0 bridgehead atoms. The normalized spacial score (nSPS) is 12.5. The second-order valence-corrected chi connectivity index (χ2v) is 23.2. The van der Waals surface area contributed by atoms with Crippen molar-refractivity contribution < 1.29 is 24.5 Å². The zero-order valence-corrected chi connectivity index (χ0v) is 49.6. The highest BCUT2D eigenvalue weighted by molar-refractivity contribution is 5.76. The van der Waals surface area contributed by atoms with E-state index in [1.807, 2.05) is 6.08 Å². The van der Waals surface area contributed by atoms with Crippen LogP contribution in [0, 0.1) is 0 Å². The quantitative estimate of drug-likeness (QED) is 0.0320. The van der Waals surface area contributed by atoms with E-state index in [1.54, 1.807) is 6.08 Å². The molecule has 0 aromatic heterocycles. The van der Waals surface area contributed by atoms with Crippen molar-refractivity contribution in [1.29, 1.82) is 0 Å². The van der Waals surface area contributed by atoms with Crippen molar-refractivity contribution in [2.75, 3.05) is 13.2 Å². The Labute approximate surface area is 457 Å². The first kappa shape index (κ1) is 71.6. The molecular formula is C67H131NO5. The van der Waals surface area contributed by atoms with E-state index < -0.39 is 12.1 Å². The predicted octanol–water partition coefficient (Wildman–Crippen LogP) is 21.2. The highest BCUT2D eigenvalue weighted by Crippen LogP contribution is 2.19. The summed E-state index contributed by atoms with van der Waals surface area (Å²) in [7, 11) is 0. The van der Waals surface area contributed by atoms with Gasteiger partial charge in [-0.3, -0.25) is 9.59 Å². The largest absolute Gasteiger partial charge is 0.466 e. The Hall–Kier alpha value is -1.40. The fourth-order valence-corrected chi connectivity index (χ4v) is 10.7. The lowest BCUT2D eigenvalue weighted by atomic mass is 10.0. The fraction of sp³-hybridized carbons (Fsp3) is 0.940. The zero-order chi connectivity index (χ0) is 52.9. The van der Waals surface area contributed by atoms with Crippen LogP contribution in [0.1, 0.15) is 380 Å². The lowest BCUT2D eigenvalue weighted by Crippen LogP contribution is -2.45. The summed E-state index contributed by atoms with van der Waals surface area (Å²) in [6.07, 6.45) is 77.2. The Morgan fingerprint density at radius 2 is 0.630 bits per heavy atom. The molecule has 3 N–H and O–H groups in total. The van der Waals surface area contributed by atoms with E-state index in [9.17, 15) is 19.8 Å². The van der Waals surface area contributed by atoms with Crippen LogP contribution in [-0.2, 0) is 14.3 Å². The summed E-state index contributed by atoms with van der Waals surface area (Å²) < 4.78 is 5.48. The molecule has 0 spiro atoms. The van der Waals surface area contributed by atoms with Gasteiger partial charge >= 0.3 is 5.97 Å². The number of allylic oxidation sites excluding steroid dienone is 1. The number of carbonyl (C=O) groups is 2. The number of ether oxygens (including phenoxy) is 1. The molecule has 0 aliphatic rings. The van der Waals surface area contributed by atoms with Crippen molar-refractivity contribution in [3.63, 3.8) is 0 Å². The molecule has 0 aliphatic heterocycles. The topological polar surface area (TPSA) is 95.9 Å². The molecule has 0 radical (unpaired) electrons. The van der Waals surface area contributed by atoms with Gasteiger partial charge in [0.25, 0.3) is 0 Å². The second-order valence-electron chi connectivity index (χ2n) is 23.2. The SMILES string of the molecule is CCCCCCCCCCCCCC/C=C/C(O)C(CO)NC(=O)CCCCCCCCCCCCCCCCCCCCCCCCCCCCCCCCCOC(=O)CCCCCCCCCCCCC. The molecule has 0 aromatic rings. The highest BCUT2D eigenvalue weighted by atomic mass is 16.5. The number of carbonyl (C=O) groups excluding carboxylic acids is 2. The Balaban J connectivity index is 3.33. The van der Waals surface area contributed by atoms with Gasteiger partial charge in [0, 0.05) is 12.8 Å². The van der Waals surface area contributed by atoms with Gasteiger partial charge in [-0.05, 0) is 32.1 Å². The molecule has 0 saturated heterocycles. The molecule has 0 rings (SSSR count). The highest BCUT2D eigenvalue weighted by Gasteiger charge is 2.18. The summed E-state index contributed by atoms with van der Waals surface area (Å²) in [5.74, 6) is -0.0408. The Morgan fingerprint density at radius 3 is 0.932 bits per heavy atom. The predicted molar refractivity (Wildman–Crippen MR) is 320 cm³/mol. The van der Waals surface area contributed by atoms with Gasteiger partial charge in [-0.15, -0.1) is 0 Å². The summed E-state index contributed by atoms with van der Waals surface area (Å²) in [5.41, 5.74) is 0. The third-order valence-electron chi connectivity index (χ3n) is 15.8. The Bertz CT molecular complexity index is 1100. The maximum Gasteiger partial charge on any atom is 0.305 e. The van der Waals surface area contributed by atoms with Crippen LogP contribution in [0.15, 0.2) is 12.2 Å². The van der Waals surface area contributed by atoms with Gasteiger partial charge in [0.2, 0.25) is 5.91 Å². The number of esters is 1. The summed E-state index contributed by atoms with van der Waals surface area (Å²) in [4.78, 5) is 24.5. The van der Waals surface area contributed by atoms with Gasteiger partial charge in [-0.1, -0.05) is 347 Å². The molecule has 0 aromatic carbocycles. The van der Waals surface area contributed by atoms with Gasteiger partial charge in [-0.25, -0.2) is 0 Å². The summed E-state index contributed by atoms with van der Waals surface area (Å²) >= 11 is 0. The summed E-state index contributed by atoms with van der Waals surface area (Å²) in [6.45, 7) is 4.93. The van der Waals surface area contributed by atoms with Crippen molar-refractivity contribution in [2.45, 2.75) is 392 Å². The molecule has 2 unspecified atom stereocenters. The molecule has 0 aliphatic carbocycles. The average molecular weight is 1030 g/mol. The van der Waals surface area contributed by atoms with Crippen molar-refractivity contribution in [3.05, 3.63) is 12.2 Å². The van der Waals surface area contributed by atoms with E-state index >= 15 is 0 Å². The monoisotopic (exact) mass is 1030 g/mol. The van der Waals surface area contributed by atoms with Crippen LogP contribution in [-0.4, -0.2) is 47.4 Å². The number of nitrogens with one attached hydrogen (secondary N) is 1. The van der Waals surface area contributed by atoms with Crippen molar-refractivity contribution in [1.82, 2.24) is 5.32 Å². The minimum Gasteiger partial charge on any atom is -0.466 e. The van der Waals surface area contributed by atoms with E-state index in [0.717, 1.165) is 38.5 Å². The van der Waals surface area contributed by atoms with Gasteiger partial charge in [0.15, 0.2) is 0 Å². The smallest absolute Gasteiger partial charge is 0.305 e. The van der Waals surface area contributed by atoms with Gasteiger partial charge < -0.3 is 20.3 Å². The Kier molecular flexibility index (Phi) is 61.9. The van der Waals surface area contributed by atoms with E-state index in [2.05, 4.69) is 19.2 Å². The first-order chi connectivity index (χ1) is 36.0. The molecular weight excluding hydrogens is 899 g/mol. The van der Waals surface area contributed by atoms with Crippen LogP contribution in [0.25, 0.3) is 0 Å². The number of aliphatic hydroxyl groups is 2. The van der Waals surface area contributed by atoms with E-state index in [0.29, 0.717) is 19.4 Å². The summed E-state index contributed by atoms with van der Waals surface area (Å²) in [6, 6.07) is -0.623. The summed E-state index contributed by atoms with van der Waals surface area (Å²) in [5, 5.41) is 23.1. The van der Waals surface area contributed by atoms with Crippen LogP contribution < -0.4 is 5.32 Å². The maximum atomic E-state index is 12.5. The van der Waals surface area contributed by atoms with Crippen molar-refractivity contribution >= 4 is 11.9 Å². The van der Waals surface area contributed by atoms with Crippen LogP contribution in [0.5, 0.6) is 0 Å². The Morgan fingerprint density at radius 1 is 0.370 bits per heavy atom. The molecule has 0 fully saturated rings. The molecule has 6 heteroatoms. The van der Waals surface area contributed by atoms with Crippen LogP contribution in [0.2, 0.25) is 0 Å². The van der Waals surface area contributed by atoms with Crippen LogP contribution in [0.3, 0.4) is 0 Å². The third kappa shape index (κ3) is 59.7. The fourth-order valence-electron chi connectivity index (χ4n) is 10.7. The zero-order valence-electron chi connectivity index (χ0n) is 49.6. The lowest BCUT2D eigenvalue weighted by Gasteiger charge is -2.20. The number of amides is 1. The molecule has 6 nitrogen and oxygen atoms in total. The molecule has 73 heavy (non-hydrogen) atoms. The number of aliphatic hydroxyl groups excluding tert-OH is 2. The van der Waals surface area contributed by atoms with Crippen molar-refractivity contribution in [3.8, 4) is 0 Å². The standard InChI is InChI=1S/C67H131NO5/c1-3-5-7-9-11-13-15-16-36-40-43-47-51-55-59-65(70)64(63-69)68-66(71)60-56-52-48-44-41-37-34-32-30-28-26-24-22-20-18-17-19-21-23-25-27-29-31-33-35-38-42-46-50-54-58-62-73-67(72)61-57-53-49-45-39-14-12-10-8-6-4-2/h55,59,64-65,69-70H,3-54,56-58,60-63H2,1-2H3,(H,68,71)/b59-55+. The molecule has 434 valence electrons. The van der Waals surface area contributed by atoms with Crippen LogP contribution in [0.4, 0.5) is 0 Å². The van der Waals surface area contributed by atoms with Gasteiger partial charge in [-0.2, -0.15) is 0 Å². The average Bonchev–Trinajstić information content (AvgIpc) is 3.39. The molecule has 2 atom stereocenters. The molecule has 1 amide bonds. The van der Waals surface area contributed by atoms with Crippen molar-refractivity contribution in [2.24, 2.45) is 0 Å². The number of hydrogen-bond donors (Lipinski definition) is 3. The molecule has 0 saturated carbocycles. The number of rotatable bonds is 63. The van der Waals surface area contributed by atoms with Gasteiger partial charge in [0.05, 0.1) is 25.4 Å². The lowest BCUT2D eigenvalue weighted by molar-refractivity contribution is -0.143. The molecule has 0 heterocycles. The first-order valence-corrected chi connectivity index (χ1v) is 33.5. The first-order valence-electron chi connectivity index (χ1n) is 33.5. The van der Waals surface area contributed by atoms with Gasteiger partial charge in [0.1, 0.15) is 0 Å². The number of hydrogen-bond acceptors (Lipinski definition) is 5. The maximum absolute atomic E-state index is 12.5.